The summed E-state index contributed by atoms with van der Waals surface area (Å²) < 4.78 is 4.97. The number of ether oxygens (including phenoxy) is 1. The zero-order valence-corrected chi connectivity index (χ0v) is 8.15. The van der Waals surface area contributed by atoms with Gasteiger partial charge in [0.05, 0.1) is 24.8 Å². The molecule has 0 saturated carbocycles. The maximum Gasteiger partial charge on any atom is 0.307 e. The Labute approximate surface area is 86.7 Å². The molecule has 5 heteroatoms. The number of methoxy groups -OCH3 is 1. The number of anilines is 1. The molecule has 0 amide bonds. The highest BCUT2D eigenvalue weighted by molar-refractivity contribution is 5.73. The fourth-order valence-corrected chi connectivity index (χ4v) is 1.23. The van der Waals surface area contributed by atoms with Crippen LogP contribution < -0.4 is 10.5 Å². The van der Waals surface area contributed by atoms with Crippen LogP contribution in [0.25, 0.3) is 0 Å². The predicted octanol–water partition coefficient (Wildman–Crippen LogP) is 0.776. The molecule has 1 aromatic carbocycles. The smallest absolute Gasteiger partial charge is 0.307 e. The minimum atomic E-state index is -0.984. The van der Waals surface area contributed by atoms with Crippen molar-refractivity contribution in [1.82, 2.24) is 0 Å². The summed E-state index contributed by atoms with van der Waals surface area (Å²) in [5.74, 6) is -0.601. The molecular formula is C10H10N2O3. The maximum absolute atomic E-state index is 10.6. The third-order valence-corrected chi connectivity index (χ3v) is 1.91. The number of rotatable bonds is 3. The van der Waals surface area contributed by atoms with Gasteiger partial charge in [-0.25, -0.2) is 0 Å². The van der Waals surface area contributed by atoms with Crippen LogP contribution >= 0.6 is 0 Å². The van der Waals surface area contributed by atoms with Gasteiger partial charge in [0, 0.05) is 11.6 Å². The molecule has 0 aromatic heterocycles. The number of aliphatic carboxylic acids is 1. The lowest BCUT2D eigenvalue weighted by atomic mass is 10.1. The highest BCUT2D eigenvalue weighted by Crippen LogP contribution is 2.25. The third-order valence-electron chi connectivity index (χ3n) is 1.91. The molecule has 1 aromatic rings. The van der Waals surface area contributed by atoms with Crippen molar-refractivity contribution in [3.8, 4) is 11.8 Å². The Morgan fingerprint density at radius 1 is 1.67 bits per heavy atom. The summed E-state index contributed by atoms with van der Waals surface area (Å²) in [5.41, 5.74) is 6.54. The first kappa shape index (κ1) is 10.9. The van der Waals surface area contributed by atoms with Crippen molar-refractivity contribution in [2.24, 2.45) is 0 Å². The number of benzene rings is 1. The third kappa shape index (κ3) is 2.38. The van der Waals surface area contributed by atoms with E-state index < -0.39 is 5.97 Å². The van der Waals surface area contributed by atoms with E-state index in [1.54, 1.807) is 0 Å². The van der Waals surface area contributed by atoms with Crippen LogP contribution in [0, 0.1) is 11.3 Å². The normalized spacial score (nSPS) is 9.33. The fourth-order valence-electron chi connectivity index (χ4n) is 1.23. The van der Waals surface area contributed by atoms with E-state index in [0.717, 1.165) is 0 Å². The minimum absolute atomic E-state index is 0.196. The van der Waals surface area contributed by atoms with Crippen molar-refractivity contribution < 1.29 is 14.6 Å². The average Bonchev–Trinajstić information content (AvgIpc) is 2.19. The van der Waals surface area contributed by atoms with E-state index in [2.05, 4.69) is 0 Å². The standard InChI is InChI=1S/C10H10N2O3/c1-15-9-4-8(12)7(5-11)2-6(9)3-10(13)14/h2,4H,3,12H2,1H3,(H,13,14). The fraction of sp³-hybridized carbons (Fsp3) is 0.200. The summed E-state index contributed by atoms with van der Waals surface area (Å²) in [5, 5.41) is 17.4. The number of hydrogen-bond acceptors (Lipinski definition) is 4. The van der Waals surface area contributed by atoms with Gasteiger partial charge in [0.1, 0.15) is 11.8 Å². The lowest BCUT2D eigenvalue weighted by molar-refractivity contribution is -0.136. The number of carboxylic acids is 1. The van der Waals surface area contributed by atoms with Crippen LogP contribution in [0.15, 0.2) is 12.1 Å². The van der Waals surface area contributed by atoms with Gasteiger partial charge in [-0.15, -0.1) is 0 Å². The molecule has 0 bridgehead atoms. The Morgan fingerprint density at radius 2 is 2.33 bits per heavy atom. The molecule has 5 nitrogen and oxygen atoms in total. The van der Waals surface area contributed by atoms with E-state index in [9.17, 15) is 4.79 Å². The maximum atomic E-state index is 10.6. The van der Waals surface area contributed by atoms with Gasteiger partial charge in [0.15, 0.2) is 0 Å². The summed E-state index contributed by atoms with van der Waals surface area (Å²) >= 11 is 0. The summed E-state index contributed by atoms with van der Waals surface area (Å²) in [4.78, 5) is 10.6. The van der Waals surface area contributed by atoms with Gasteiger partial charge >= 0.3 is 5.97 Å². The van der Waals surface area contributed by atoms with Gasteiger partial charge in [-0.05, 0) is 6.07 Å². The Kier molecular flexibility index (Phi) is 3.13. The van der Waals surface area contributed by atoms with E-state index >= 15 is 0 Å². The first-order valence-corrected chi connectivity index (χ1v) is 4.16. The molecule has 3 N–H and O–H groups in total. The van der Waals surface area contributed by atoms with E-state index in [4.69, 9.17) is 20.8 Å². The van der Waals surface area contributed by atoms with Crippen LogP contribution in [0.2, 0.25) is 0 Å². The largest absolute Gasteiger partial charge is 0.496 e. The van der Waals surface area contributed by atoms with Gasteiger partial charge in [0.2, 0.25) is 0 Å². The Hall–Kier alpha value is -2.22. The van der Waals surface area contributed by atoms with Crippen molar-refractivity contribution in [3.63, 3.8) is 0 Å². The average molecular weight is 206 g/mol. The zero-order chi connectivity index (χ0) is 11.4. The lowest BCUT2D eigenvalue weighted by Gasteiger charge is -2.08. The molecule has 0 heterocycles. The quantitative estimate of drug-likeness (QED) is 0.712. The van der Waals surface area contributed by atoms with Crippen molar-refractivity contribution >= 4 is 11.7 Å². The van der Waals surface area contributed by atoms with Crippen molar-refractivity contribution in [2.45, 2.75) is 6.42 Å². The van der Waals surface area contributed by atoms with Crippen LogP contribution in [-0.2, 0) is 11.2 Å². The van der Waals surface area contributed by atoms with Gasteiger partial charge in [-0.2, -0.15) is 5.26 Å². The summed E-state index contributed by atoms with van der Waals surface area (Å²) in [6.07, 6.45) is -0.196. The number of carbonyl (C=O) groups is 1. The number of nitrogens with zero attached hydrogens (tertiary/aromatic N) is 1. The molecule has 78 valence electrons. The molecule has 0 radical (unpaired) electrons. The molecule has 15 heavy (non-hydrogen) atoms. The number of nitriles is 1. The van der Waals surface area contributed by atoms with Crippen LogP contribution in [0.3, 0.4) is 0 Å². The minimum Gasteiger partial charge on any atom is -0.496 e. The second-order valence-corrected chi connectivity index (χ2v) is 2.93. The van der Waals surface area contributed by atoms with Crippen molar-refractivity contribution in [1.29, 1.82) is 5.26 Å². The van der Waals surface area contributed by atoms with Gasteiger partial charge in [-0.1, -0.05) is 0 Å². The molecular weight excluding hydrogens is 196 g/mol. The molecule has 0 aliphatic rings. The molecule has 0 spiro atoms. The SMILES string of the molecule is COc1cc(N)c(C#N)cc1CC(=O)O. The van der Waals surface area contributed by atoms with Crippen molar-refractivity contribution in [3.05, 3.63) is 23.3 Å². The molecule has 0 atom stereocenters. The van der Waals surface area contributed by atoms with Gasteiger partial charge < -0.3 is 15.6 Å². The highest BCUT2D eigenvalue weighted by atomic mass is 16.5. The first-order valence-electron chi connectivity index (χ1n) is 4.16. The lowest BCUT2D eigenvalue weighted by Crippen LogP contribution is -2.04. The molecule has 0 aliphatic carbocycles. The highest BCUT2D eigenvalue weighted by Gasteiger charge is 2.11. The van der Waals surface area contributed by atoms with E-state index in [1.165, 1.54) is 19.2 Å². The van der Waals surface area contributed by atoms with Crippen LogP contribution in [0.1, 0.15) is 11.1 Å². The number of carboxylic acid groups (broad SMARTS) is 1. The number of hydrogen-bond donors (Lipinski definition) is 2. The second kappa shape index (κ2) is 4.33. The zero-order valence-electron chi connectivity index (χ0n) is 8.15. The van der Waals surface area contributed by atoms with Crippen LogP contribution in [0.4, 0.5) is 5.69 Å². The summed E-state index contributed by atoms with van der Waals surface area (Å²) in [6, 6.07) is 4.77. The molecule has 0 unspecified atom stereocenters. The molecule has 0 fully saturated rings. The van der Waals surface area contributed by atoms with Crippen molar-refractivity contribution in [2.75, 3.05) is 12.8 Å². The summed E-state index contributed by atoms with van der Waals surface area (Å²) in [6.45, 7) is 0. The Balaban J connectivity index is 3.23. The van der Waals surface area contributed by atoms with E-state index in [1.807, 2.05) is 6.07 Å². The molecule has 1 rings (SSSR count). The molecule has 0 aliphatic heterocycles. The Morgan fingerprint density at radius 3 is 2.80 bits per heavy atom. The van der Waals surface area contributed by atoms with Gasteiger partial charge in [0.25, 0.3) is 0 Å². The monoisotopic (exact) mass is 206 g/mol. The van der Waals surface area contributed by atoms with Crippen LogP contribution in [-0.4, -0.2) is 18.2 Å². The van der Waals surface area contributed by atoms with Gasteiger partial charge in [-0.3, -0.25) is 4.79 Å². The summed E-state index contributed by atoms with van der Waals surface area (Å²) in [7, 11) is 1.42. The van der Waals surface area contributed by atoms with E-state index in [-0.39, 0.29) is 17.7 Å². The molecule has 0 saturated heterocycles. The Bertz CT molecular complexity index is 435. The van der Waals surface area contributed by atoms with Crippen LogP contribution in [0.5, 0.6) is 5.75 Å². The topological polar surface area (TPSA) is 96.3 Å². The van der Waals surface area contributed by atoms with E-state index in [0.29, 0.717) is 11.3 Å². The number of nitrogen functional groups attached to an aromatic ring is 1. The first-order chi connectivity index (χ1) is 7.08. The number of nitrogens with two attached hydrogens (primary N) is 1. The second-order valence-electron chi connectivity index (χ2n) is 2.93. The predicted molar refractivity (Wildman–Crippen MR) is 53.5 cm³/mol.